The monoisotopic (exact) mass is 278 g/mol. The van der Waals surface area contributed by atoms with Crippen LogP contribution in [0, 0.1) is 23.0 Å². The van der Waals surface area contributed by atoms with Gasteiger partial charge < -0.3 is 5.32 Å². The van der Waals surface area contributed by atoms with Gasteiger partial charge in [0.15, 0.2) is 0 Å². The van der Waals surface area contributed by atoms with E-state index >= 15 is 0 Å². The number of halogens is 2. The van der Waals surface area contributed by atoms with Gasteiger partial charge in [-0.15, -0.1) is 11.3 Å². The summed E-state index contributed by atoms with van der Waals surface area (Å²) >= 11 is 1.52. The predicted molar refractivity (Wildman–Crippen MR) is 70.8 cm³/mol. The van der Waals surface area contributed by atoms with Gasteiger partial charge in [-0.25, -0.2) is 8.78 Å². The van der Waals surface area contributed by atoms with Crippen molar-refractivity contribution >= 4 is 11.3 Å². The lowest BCUT2D eigenvalue weighted by atomic mass is 10.1. The molecule has 0 atom stereocenters. The van der Waals surface area contributed by atoms with E-state index in [2.05, 4.69) is 11.4 Å². The molecule has 0 radical (unpaired) electrons. The van der Waals surface area contributed by atoms with Gasteiger partial charge >= 0.3 is 0 Å². The molecule has 0 amide bonds. The molecule has 1 N–H and O–H groups in total. The van der Waals surface area contributed by atoms with E-state index in [1.807, 2.05) is 6.07 Å². The zero-order valence-electron chi connectivity index (χ0n) is 10.1. The largest absolute Gasteiger partial charge is 0.312 e. The first-order valence-corrected chi connectivity index (χ1v) is 6.68. The lowest BCUT2D eigenvalue weighted by molar-refractivity contribution is 0.577. The van der Waals surface area contributed by atoms with Crippen molar-refractivity contribution < 1.29 is 8.78 Å². The van der Waals surface area contributed by atoms with Crippen LogP contribution in [0.1, 0.15) is 16.0 Å². The first-order chi connectivity index (χ1) is 9.17. The summed E-state index contributed by atoms with van der Waals surface area (Å²) in [6, 6.07) is 7.45. The summed E-state index contributed by atoms with van der Waals surface area (Å²) in [4.78, 5) is 1.07. The average molecular weight is 278 g/mol. The fraction of sp³-hybridized carbons (Fsp3) is 0.214. The molecule has 0 aliphatic rings. The zero-order valence-corrected chi connectivity index (χ0v) is 10.9. The highest BCUT2D eigenvalue weighted by atomic mass is 32.1. The fourth-order valence-corrected chi connectivity index (χ4v) is 2.51. The van der Waals surface area contributed by atoms with Crippen LogP contribution in [0.2, 0.25) is 0 Å². The molecule has 1 aromatic carbocycles. The third kappa shape index (κ3) is 4.12. The molecule has 0 aliphatic heterocycles. The number of nitrogens with zero attached hydrogens (tertiary/aromatic N) is 1. The Balaban J connectivity index is 1.79. The minimum atomic E-state index is -0.549. The fourth-order valence-electron chi connectivity index (χ4n) is 1.73. The van der Waals surface area contributed by atoms with E-state index in [-0.39, 0.29) is 0 Å². The number of nitriles is 1. The van der Waals surface area contributed by atoms with Crippen LogP contribution in [0.5, 0.6) is 0 Å². The van der Waals surface area contributed by atoms with Crippen molar-refractivity contribution in [2.24, 2.45) is 0 Å². The van der Waals surface area contributed by atoms with Crippen LogP contribution in [0.15, 0.2) is 29.6 Å². The molecule has 0 unspecified atom stereocenters. The molecule has 2 nitrogen and oxygen atoms in total. The number of nitrogens with one attached hydrogen (secondary N) is 1. The molecular formula is C14H12F2N2S. The van der Waals surface area contributed by atoms with Crippen molar-refractivity contribution in [3.8, 4) is 6.07 Å². The predicted octanol–water partition coefficient (Wildman–Crippen LogP) is 3.23. The molecule has 0 spiro atoms. The standard InChI is InChI=1S/C14H12F2N2S/c15-12-3-10(4-13(16)6-12)1-2-18-8-14-5-11(7-17)9-19-14/h3-6,9,18H,1-2,8H2. The SMILES string of the molecule is N#Cc1csc(CNCCc2cc(F)cc(F)c2)c1. The highest BCUT2D eigenvalue weighted by Crippen LogP contribution is 2.13. The van der Waals surface area contributed by atoms with E-state index in [0.29, 0.717) is 30.6 Å². The van der Waals surface area contributed by atoms with Gasteiger partial charge in [-0.3, -0.25) is 0 Å². The average Bonchev–Trinajstić information content (AvgIpc) is 2.81. The minimum absolute atomic E-state index is 0.549. The summed E-state index contributed by atoms with van der Waals surface area (Å²) in [5.74, 6) is -1.10. The maximum atomic E-state index is 13.0. The van der Waals surface area contributed by atoms with Crippen molar-refractivity contribution in [3.63, 3.8) is 0 Å². The van der Waals surface area contributed by atoms with Crippen LogP contribution >= 0.6 is 11.3 Å². The molecule has 2 rings (SSSR count). The first kappa shape index (κ1) is 13.7. The third-order valence-electron chi connectivity index (χ3n) is 2.59. The molecule has 19 heavy (non-hydrogen) atoms. The van der Waals surface area contributed by atoms with Gasteiger partial charge in [0.2, 0.25) is 0 Å². The first-order valence-electron chi connectivity index (χ1n) is 5.80. The molecule has 0 bridgehead atoms. The van der Waals surface area contributed by atoms with E-state index in [9.17, 15) is 8.78 Å². The van der Waals surface area contributed by atoms with Crippen molar-refractivity contribution in [1.29, 1.82) is 5.26 Å². The zero-order chi connectivity index (χ0) is 13.7. The molecular weight excluding hydrogens is 266 g/mol. The topological polar surface area (TPSA) is 35.8 Å². The summed E-state index contributed by atoms with van der Waals surface area (Å²) in [6.07, 6.45) is 0.561. The molecule has 1 heterocycles. The Kier molecular flexibility index (Phi) is 4.61. The molecule has 1 aromatic heterocycles. The molecule has 5 heteroatoms. The maximum absolute atomic E-state index is 13.0. The summed E-state index contributed by atoms with van der Waals surface area (Å²) < 4.78 is 25.9. The van der Waals surface area contributed by atoms with Gasteiger partial charge in [0, 0.05) is 22.9 Å². The van der Waals surface area contributed by atoms with E-state index in [1.54, 1.807) is 5.38 Å². The van der Waals surface area contributed by atoms with Gasteiger partial charge in [-0.05, 0) is 36.7 Å². The van der Waals surface area contributed by atoms with Crippen molar-refractivity contribution in [1.82, 2.24) is 5.32 Å². The van der Waals surface area contributed by atoms with Crippen molar-refractivity contribution in [2.45, 2.75) is 13.0 Å². The second kappa shape index (κ2) is 6.41. The number of thiophene rings is 1. The Morgan fingerprint density at radius 1 is 1.16 bits per heavy atom. The lowest BCUT2D eigenvalue weighted by Crippen LogP contribution is -2.16. The van der Waals surface area contributed by atoms with Crippen LogP contribution < -0.4 is 5.32 Å². The molecule has 0 saturated carbocycles. The Morgan fingerprint density at radius 2 is 1.89 bits per heavy atom. The van der Waals surface area contributed by atoms with Crippen LogP contribution in [0.25, 0.3) is 0 Å². The summed E-state index contributed by atoms with van der Waals surface area (Å²) in [5.41, 5.74) is 1.29. The molecule has 0 aliphatic carbocycles. The summed E-state index contributed by atoms with van der Waals surface area (Å²) in [6.45, 7) is 1.28. The van der Waals surface area contributed by atoms with E-state index in [1.165, 1.54) is 23.5 Å². The maximum Gasteiger partial charge on any atom is 0.126 e. The summed E-state index contributed by atoms with van der Waals surface area (Å²) in [7, 11) is 0. The normalized spacial score (nSPS) is 10.4. The quantitative estimate of drug-likeness (QED) is 0.852. The highest BCUT2D eigenvalue weighted by Gasteiger charge is 2.01. The smallest absolute Gasteiger partial charge is 0.126 e. The second-order valence-electron chi connectivity index (χ2n) is 4.12. The van der Waals surface area contributed by atoms with Crippen LogP contribution in [0.3, 0.4) is 0 Å². The molecule has 0 saturated heterocycles. The van der Waals surface area contributed by atoms with E-state index < -0.39 is 11.6 Å². The molecule has 2 aromatic rings. The van der Waals surface area contributed by atoms with Crippen molar-refractivity contribution in [2.75, 3.05) is 6.54 Å². The Labute approximate surface area is 114 Å². The van der Waals surface area contributed by atoms with Crippen LogP contribution in [-0.2, 0) is 13.0 Å². The third-order valence-corrected chi connectivity index (χ3v) is 3.53. The Hall–Kier alpha value is -1.77. The Bertz CT molecular complexity index is 581. The van der Waals surface area contributed by atoms with E-state index in [4.69, 9.17) is 5.26 Å². The number of benzene rings is 1. The lowest BCUT2D eigenvalue weighted by Gasteiger charge is -2.04. The molecule has 98 valence electrons. The second-order valence-corrected chi connectivity index (χ2v) is 5.11. The van der Waals surface area contributed by atoms with E-state index in [0.717, 1.165) is 10.9 Å². The van der Waals surface area contributed by atoms with Gasteiger partial charge in [-0.2, -0.15) is 5.26 Å². The Morgan fingerprint density at radius 3 is 2.53 bits per heavy atom. The number of rotatable bonds is 5. The highest BCUT2D eigenvalue weighted by molar-refractivity contribution is 7.10. The van der Waals surface area contributed by atoms with Gasteiger partial charge in [0.1, 0.15) is 17.7 Å². The summed E-state index contributed by atoms with van der Waals surface area (Å²) in [5, 5.41) is 13.7. The van der Waals surface area contributed by atoms with Gasteiger partial charge in [0.25, 0.3) is 0 Å². The van der Waals surface area contributed by atoms with Crippen LogP contribution in [-0.4, -0.2) is 6.54 Å². The van der Waals surface area contributed by atoms with Crippen LogP contribution in [0.4, 0.5) is 8.78 Å². The number of hydrogen-bond donors (Lipinski definition) is 1. The van der Waals surface area contributed by atoms with Gasteiger partial charge in [-0.1, -0.05) is 0 Å². The van der Waals surface area contributed by atoms with Gasteiger partial charge in [0.05, 0.1) is 5.56 Å². The number of hydrogen-bond acceptors (Lipinski definition) is 3. The molecule has 0 fully saturated rings. The minimum Gasteiger partial charge on any atom is -0.312 e. The van der Waals surface area contributed by atoms with Crippen molar-refractivity contribution in [3.05, 3.63) is 57.3 Å².